The molecule has 0 atom stereocenters. The number of hydrogen-bond acceptors (Lipinski definition) is 3. The molecule has 0 amide bonds. The molecule has 3 nitrogen and oxygen atoms in total. The molecule has 0 spiro atoms. The first kappa shape index (κ1) is 9.26. The van der Waals surface area contributed by atoms with Crippen LogP contribution in [0, 0.1) is 5.41 Å². The Morgan fingerprint density at radius 3 is 2.58 bits per heavy atom. The minimum atomic E-state index is -0.671. The second kappa shape index (κ2) is 3.72. The Balaban J connectivity index is 2.61. The van der Waals surface area contributed by atoms with E-state index >= 15 is 0 Å². The zero-order valence-electron chi connectivity index (χ0n) is 7.25. The molecule has 1 rings (SSSR count). The van der Waals surface area contributed by atoms with E-state index in [9.17, 15) is 4.79 Å². The molecule has 0 aliphatic heterocycles. The molecular formula is C9H14O3. The van der Waals surface area contributed by atoms with Gasteiger partial charge in [0.1, 0.15) is 0 Å². The lowest BCUT2D eigenvalue weighted by Crippen LogP contribution is -2.34. The van der Waals surface area contributed by atoms with Gasteiger partial charge in [-0.1, -0.05) is 12.2 Å². The number of aliphatic hydroxyl groups is 1. The Bertz CT molecular complexity index is 188. The van der Waals surface area contributed by atoms with E-state index in [1.54, 1.807) is 6.92 Å². The Hall–Kier alpha value is -0.830. The molecule has 0 fully saturated rings. The molecule has 0 aromatic carbocycles. The molecule has 1 N–H and O–H groups in total. The molecule has 0 aromatic rings. The number of ether oxygens (including phenoxy) is 1. The molecule has 0 radical (unpaired) electrons. The summed E-state index contributed by atoms with van der Waals surface area (Å²) >= 11 is 0. The number of esters is 1. The Labute approximate surface area is 72.0 Å². The van der Waals surface area contributed by atoms with Gasteiger partial charge in [0, 0.05) is 0 Å². The smallest absolute Gasteiger partial charge is 0.315 e. The monoisotopic (exact) mass is 170 g/mol. The molecule has 0 bridgehead atoms. The zero-order chi connectivity index (χ0) is 9.03. The normalized spacial score (nSPS) is 19.5. The summed E-state index contributed by atoms with van der Waals surface area (Å²) in [6.45, 7) is 2.02. The van der Waals surface area contributed by atoms with Crippen molar-refractivity contribution in [1.82, 2.24) is 0 Å². The highest BCUT2D eigenvalue weighted by Crippen LogP contribution is 2.33. The maximum atomic E-state index is 11.4. The van der Waals surface area contributed by atoms with Crippen LogP contribution in [-0.2, 0) is 9.53 Å². The van der Waals surface area contributed by atoms with Gasteiger partial charge in [0.2, 0.25) is 0 Å². The van der Waals surface area contributed by atoms with E-state index in [-0.39, 0.29) is 12.6 Å². The van der Waals surface area contributed by atoms with E-state index < -0.39 is 5.41 Å². The number of carbonyl (C=O) groups excluding carboxylic acids is 1. The van der Waals surface area contributed by atoms with Crippen LogP contribution in [0.15, 0.2) is 12.2 Å². The molecule has 1 aliphatic carbocycles. The summed E-state index contributed by atoms with van der Waals surface area (Å²) in [6.07, 6.45) is 5.02. The molecule has 0 aromatic heterocycles. The van der Waals surface area contributed by atoms with Crippen LogP contribution in [0.1, 0.15) is 19.8 Å². The molecule has 0 unspecified atom stereocenters. The molecule has 3 heteroatoms. The standard InChI is InChI=1S/C9H14O3/c1-2-12-8(11)9(7-10)5-3-4-6-9/h3-4,10H,2,5-7H2,1H3. The third-order valence-electron chi connectivity index (χ3n) is 2.19. The SMILES string of the molecule is CCOC(=O)C1(CO)CC=CC1. The van der Waals surface area contributed by atoms with Crippen molar-refractivity contribution in [1.29, 1.82) is 0 Å². The van der Waals surface area contributed by atoms with Gasteiger partial charge < -0.3 is 9.84 Å². The molecule has 1 aliphatic rings. The van der Waals surface area contributed by atoms with Gasteiger partial charge in [-0.2, -0.15) is 0 Å². The number of aliphatic hydroxyl groups excluding tert-OH is 1. The topological polar surface area (TPSA) is 46.5 Å². The van der Waals surface area contributed by atoms with Gasteiger partial charge in [-0.15, -0.1) is 0 Å². The summed E-state index contributed by atoms with van der Waals surface area (Å²) in [7, 11) is 0. The molecular weight excluding hydrogens is 156 g/mol. The summed E-state index contributed by atoms with van der Waals surface area (Å²) in [6, 6.07) is 0. The van der Waals surface area contributed by atoms with Crippen LogP contribution < -0.4 is 0 Å². The van der Waals surface area contributed by atoms with Gasteiger partial charge in [0.15, 0.2) is 0 Å². The predicted octanol–water partition coefficient (Wildman–Crippen LogP) is 0.878. The fourth-order valence-electron chi connectivity index (χ4n) is 1.35. The van der Waals surface area contributed by atoms with E-state index in [2.05, 4.69) is 0 Å². The maximum absolute atomic E-state index is 11.4. The summed E-state index contributed by atoms with van der Waals surface area (Å²) in [5, 5.41) is 9.07. The number of rotatable bonds is 3. The average Bonchev–Trinajstić information content (AvgIpc) is 2.54. The Kier molecular flexibility index (Phi) is 2.87. The highest BCUT2D eigenvalue weighted by atomic mass is 16.5. The Morgan fingerprint density at radius 1 is 1.58 bits per heavy atom. The van der Waals surface area contributed by atoms with Crippen molar-refractivity contribution in [2.45, 2.75) is 19.8 Å². The third kappa shape index (κ3) is 1.50. The average molecular weight is 170 g/mol. The minimum Gasteiger partial charge on any atom is -0.465 e. The van der Waals surface area contributed by atoms with Crippen molar-refractivity contribution in [2.75, 3.05) is 13.2 Å². The van der Waals surface area contributed by atoms with E-state index in [1.165, 1.54) is 0 Å². The predicted molar refractivity (Wildman–Crippen MR) is 44.5 cm³/mol. The minimum absolute atomic E-state index is 0.126. The first-order valence-corrected chi connectivity index (χ1v) is 4.18. The van der Waals surface area contributed by atoms with E-state index in [4.69, 9.17) is 9.84 Å². The van der Waals surface area contributed by atoms with Crippen molar-refractivity contribution in [2.24, 2.45) is 5.41 Å². The van der Waals surface area contributed by atoms with Crippen LogP contribution in [0.5, 0.6) is 0 Å². The highest BCUT2D eigenvalue weighted by Gasteiger charge is 2.39. The summed E-state index contributed by atoms with van der Waals surface area (Å²) < 4.78 is 4.88. The maximum Gasteiger partial charge on any atom is 0.315 e. The lowest BCUT2D eigenvalue weighted by Gasteiger charge is -2.23. The second-order valence-electron chi connectivity index (χ2n) is 3.04. The van der Waals surface area contributed by atoms with Crippen LogP contribution in [0.25, 0.3) is 0 Å². The summed E-state index contributed by atoms with van der Waals surface area (Å²) in [5.41, 5.74) is -0.671. The zero-order valence-corrected chi connectivity index (χ0v) is 7.25. The fraction of sp³-hybridized carbons (Fsp3) is 0.667. The van der Waals surface area contributed by atoms with Crippen molar-refractivity contribution >= 4 is 5.97 Å². The second-order valence-corrected chi connectivity index (χ2v) is 3.04. The van der Waals surface area contributed by atoms with E-state index in [0.29, 0.717) is 19.4 Å². The lowest BCUT2D eigenvalue weighted by atomic mass is 9.86. The quantitative estimate of drug-likeness (QED) is 0.505. The van der Waals surface area contributed by atoms with Crippen LogP contribution in [-0.4, -0.2) is 24.3 Å². The van der Waals surface area contributed by atoms with Gasteiger partial charge in [-0.25, -0.2) is 0 Å². The molecule has 68 valence electrons. The first-order valence-electron chi connectivity index (χ1n) is 4.18. The number of hydrogen-bond donors (Lipinski definition) is 1. The van der Waals surface area contributed by atoms with Crippen molar-refractivity contribution in [3.63, 3.8) is 0 Å². The lowest BCUT2D eigenvalue weighted by molar-refractivity contribution is -0.157. The number of allylic oxidation sites excluding steroid dienone is 2. The van der Waals surface area contributed by atoms with E-state index in [0.717, 1.165) is 0 Å². The summed E-state index contributed by atoms with van der Waals surface area (Å²) in [5.74, 6) is -0.280. The molecule has 12 heavy (non-hydrogen) atoms. The van der Waals surface area contributed by atoms with Gasteiger partial charge in [-0.3, -0.25) is 4.79 Å². The van der Waals surface area contributed by atoms with Crippen molar-refractivity contribution in [3.05, 3.63) is 12.2 Å². The Morgan fingerprint density at radius 2 is 2.17 bits per heavy atom. The van der Waals surface area contributed by atoms with Crippen LogP contribution in [0.4, 0.5) is 0 Å². The van der Waals surface area contributed by atoms with Gasteiger partial charge in [0.05, 0.1) is 18.6 Å². The van der Waals surface area contributed by atoms with Crippen LogP contribution >= 0.6 is 0 Å². The largest absolute Gasteiger partial charge is 0.465 e. The van der Waals surface area contributed by atoms with Crippen molar-refractivity contribution < 1.29 is 14.6 Å². The highest BCUT2D eigenvalue weighted by molar-refractivity contribution is 5.78. The van der Waals surface area contributed by atoms with Gasteiger partial charge >= 0.3 is 5.97 Å². The summed E-state index contributed by atoms with van der Waals surface area (Å²) in [4.78, 5) is 11.4. The van der Waals surface area contributed by atoms with Crippen LogP contribution in [0.3, 0.4) is 0 Å². The molecule has 0 heterocycles. The van der Waals surface area contributed by atoms with Gasteiger partial charge in [-0.05, 0) is 19.8 Å². The van der Waals surface area contributed by atoms with Crippen LogP contribution in [0.2, 0.25) is 0 Å². The first-order chi connectivity index (χ1) is 5.75. The molecule has 0 saturated heterocycles. The van der Waals surface area contributed by atoms with Gasteiger partial charge in [0.25, 0.3) is 0 Å². The number of carbonyl (C=O) groups is 1. The fourth-order valence-corrected chi connectivity index (χ4v) is 1.35. The van der Waals surface area contributed by atoms with E-state index in [1.807, 2.05) is 12.2 Å². The molecule has 0 saturated carbocycles. The van der Waals surface area contributed by atoms with Crippen molar-refractivity contribution in [3.8, 4) is 0 Å². The third-order valence-corrected chi connectivity index (χ3v) is 2.19.